The molecular formula is C9H9N3O2. The normalized spacial score (nSPS) is 10.7. The van der Waals surface area contributed by atoms with Crippen LogP contribution in [0.4, 0.5) is 0 Å². The van der Waals surface area contributed by atoms with E-state index in [1.165, 1.54) is 0 Å². The fourth-order valence-corrected chi connectivity index (χ4v) is 1.45. The average Bonchev–Trinajstić information content (AvgIpc) is 2.46. The highest BCUT2D eigenvalue weighted by Crippen LogP contribution is 2.13. The second-order valence-corrected chi connectivity index (χ2v) is 3.12. The molecule has 0 atom stereocenters. The molecule has 0 bridgehead atoms. The van der Waals surface area contributed by atoms with E-state index in [1.54, 1.807) is 30.8 Å². The Hall–Kier alpha value is -1.91. The van der Waals surface area contributed by atoms with Gasteiger partial charge in [0.05, 0.1) is 17.7 Å². The molecule has 0 aliphatic carbocycles. The molecule has 2 aromatic rings. The Morgan fingerprint density at radius 3 is 2.86 bits per heavy atom. The number of aromatic carboxylic acids is 1. The maximum atomic E-state index is 10.9. The first kappa shape index (κ1) is 8.68. The monoisotopic (exact) mass is 191 g/mol. The first-order chi connectivity index (χ1) is 6.59. The lowest BCUT2D eigenvalue weighted by Gasteiger charge is -2.01. The zero-order valence-corrected chi connectivity index (χ0v) is 7.85. The van der Waals surface area contributed by atoms with Gasteiger partial charge in [0.2, 0.25) is 0 Å². The first-order valence-electron chi connectivity index (χ1n) is 4.14. The molecule has 0 saturated carbocycles. The fourth-order valence-electron chi connectivity index (χ4n) is 1.45. The van der Waals surface area contributed by atoms with Gasteiger partial charge in [0, 0.05) is 6.20 Å². The summed E-state index contributed by atoms with van der Waals surface area (Å²) in [6, 6.07) is 0. The number of hydrogen-bond donors (Lipinski definition) is 1. The molecule has 2 heterocycles. The molecule has 0 aliphatic rings. The van der Waals surface area contributed by atoms with Gasteiger partial charge in [-0.15, -0.1) is 0 Å². The number of rotatable bonds is 1. The van der Waals surface area contributed by atoms with Crippen LogP contribution in [0.3, 0.4) is 0 Å². The van der Waals surface area contributed by atoms with Gasteiger partial charge in [-0.3, -0.25) is 0 Å². The summed E-state index contributed by atoms with van der Waals surface area (Å²) >= 11 is 0. The number of aryl methyl sites for hydroxylation is 2. The summed E-state index contributed by atoms with van der Waals surface area (Å²) < 4.78 is 1.68. The summed E-state index contributed by atoms with van der Waals surface area (Å²) in [5.41, 5.74) is 1.95. The summed E-state index contributed by atoms with van der Waals surface area (Å²) in [6.07, 6.45) is 3.34. The minimum atomic E-state index is -1.03. The van der Waals surface area contributed by atoms with Crippen molar-refractivity contribution >= 4 is 11.5 Å². The van der Waals surface area contributed by atoms with Crippen LogP contribution in [0.25, 0.3) is 5.52 Å². The number of carboxylic acids is 1. The van der Waals surface area contributed by atoms with Crippen LogP contribution in [-0.2, 0) is 0 Å². The molecule has 2 aromatic heterocycles. The van der Waals surface area contributed by atoms with E-state index in [2.05, 4.69) is 9.97 Å². The molecule has 72 valence electrons. The summed E-state index contributed by atoms with van der Waals surface area (Å²) in [5, 5.41) is 8.95. The zero-order valence-electron chi connectivity index (χ0n) is 7.85. The third-order valence-electron chi connectivity index (χ3n) is 2.02. The highest BCUT2D eigenvalue weighted by Gasteiger charge is 2.14. The van der Waals surface area contributed by atoms with E-state index in [1.807, 2.05) is 0 Å². The predicted molar refractivity (Wildman–Crippen MR) is 49.4 cm³/mol. The molecule has 1 N–H and O–H groups in total. The molecule has 0 fully saturated rings. The van der Waals surface area contributed by atoms with E-state index in [4.69, 9.17) is 5.11 Å². The molecule has 0 aliphatic heterocycles. The first-order valence-corrected chi connectivity index (χ1v) is 4.14. The van der Waals surface area contributed by atoms with Crippen molar-refractivity contribution in [2.75, 3.05) is 0 Å². The Bertz CT molecular complexity index is 516. The predicted octanol–water partition coefficient (Wildman–Crippen LogP) is 1.04. The Morgan fingerprint density at radius 1 is 1.50 bits per heavy atom. The molecule has 0 aromatic carbocycles. The Morgan fingerprint density at radius 2 is 2.21 bits per heavy atom. The highest BCUT2D eigenvalue weighted by atomic mass is 16.4. The lowest BCUT2D eigenvalue weighted by Crippen LogP contribution is -2.05. The van der Waals surface area contributed by atoms with Crippen LogP contribution >= 0.6 is 0 Å². The lowest BCUT2D eigenvalue weighted by atomic mass is 10.3. The van der Waals surface area contributed by atoms with Crippen molar-refractivity contribution in [3.63, 3.8) is 0 Å². The van der Waals surface area contributed by atoms with Crippen molar-refractivity contribution in [2.45, 2.75) is 13.8 Å². The second-order valence-electron chi connectivity index (χ2n) is 3.12. The number of aromatic nitrogens is 3. The van der Waals surface area contributed by atoms with Gasteiger partial charge in [-0.05, 0) is 13.8 Å². The summed E-state index contributed by atoms with van der Waals surface area (Å²) in [5.74, 6) is -1.03. The summed E-state index contributed by atoms with van der Waals surface area (Å²) in [6.45, 7) is 3.51. The van der Waals surface area contributed by atoms with Gasteiger partial charge < -0.3 is 9.51 Å². The fraction of sp³-hybridized carbons (Fsp3) is 0.222. The summed E-state index contributed by atoms with van der Waals surface area (Å²) in [7, 11) is 0. The highest BCUT2D eigenvalue weighted by molar-refractivity contribution is 5.94. The van der Waals surface area contributed by atoms with Crippen LogP contribution in [0.15, 0.2) is 12.5 Å². The molecular weight excluding hydrogens is 182 g/mol. The maximum absolute atomic E-state index is 10.9. The number of carboxylic acid groups (broad SMARTS) is 1. The van der Waals surface area contributed by atoms with Gasteiger partial charge in [0.15, 0.2) is 5.69 Å². The number of nitrogens with zero attached hydrogens (tertiary/aromatic N) is 3. The molecule has 0 unspecified atom stereocenters. The van der Waals surface area contributed by atoms with Gasteiger partial charge in [-0.25, -0.2) is 14.8 Å². The standard InChI is InChI=1S/C9H9N3O2/c1-5-3-12-4-10-6(2)8(12)7(11-5)9(13)14/h3-4H,1-2H3,(H,13,14). The summed E-state index contributed by atoms with van der Waals surface area (Å²) in [4.78, 5) is 18.9. The van der Waals surface area contributed by atoms with Crippen LogP contribution in [0, 0.1) is 13.8 Å². The third-order valence-corrected chi connectivity index (χ3v) is 2.02. The molecule has 0 amide bonds. The number of fused-ring (bicyclic) bond motifs is 1. The van der Waals surface area contributed by atoms with Crippen LogP contribution < -0.4 is 0 Å². The van der Waals surface area contributed by atoms with Gasteiger partial charge in [0.1, 0.15) is 5.52 Å². The Kier molecular flexibility index (Phi) is 1.73. The van der Waals surface area contributed by atoms with E-state index in [-0.39, 0.29) is 5.69 Å². The van der Waals surface area contributed by atoms with Crippen molar-refractivity contribution in [2.24, 2.45) is 0 Å². The molecule has 5 nitrogen and oxygen atoms in total. The average molecular weight is 191 g/mol. The minimum Gasteiger partial charge on any atom is -0.476 e. The van der Waals surface area contributed by atoms with E-state index in [9.17, 15) is 4.79 Å². The number of carbonyl (C=O) groups is 1. The van der Waals surface area contributed by atoms with Crippen LogP contribution in [0.2, 0.25) is 0 Å². The SMILES string of the molecule is Cc1cn2cnc(C)c2c(C(=O)O)n1. The number of hydrogen-bond acceptors (Lipinski definition) is 3. The molecule has 2 rings (SSSR count). The Balaban J connectivity index is 2.90. The van der Waals surface area contributed by atoms with Crippen LogP contribution in [0.5, 0.6) is 0 Å². The van der Waals surface area contributed by atoms with E-state index in [0.717, 1.165) is 0 Å². The van der Waals surface area contributed by atoms with E-state index >= 15 is 0 Å². The van der Waals surface area contributed by atoms with Gasteiger partial charge in [0.25, 0.3) is 0 Å². The van der Waals surface area contributed by atoms with Crippen LogP contribution in [-0.4, -0.2) is 25.4 Å². The van der Waals surface area contributed by atoms with Crippen molar-refractivity contribution in [3.05, 3.63) is 29.6 Å². The number of imidazole rings is 1. The van der Waals surface area contributed by atoms with E-state index in [0.29, 0.717) is 16.9 Å². The minimum absolute atomic E-state index is 0.0556. The third kappa shape index (κ3) is 1.14. The quantitative estimate of drug-likeness (QED) is 0.731. The van der Waals surface area contributed by atoms with Gasteiger partial charge in [-0.2, -0.15) is 0 Å². The van der Waals surface area contributed by atoms with Gasteiger partial charge >= 0.3 is 5.97 Å². The van der Waals surface area contributed by atoms with Crippen molar-refractivity contribution in [1.82, 2.24) is 14.4 Å². The van der Waals surface area contributed by atoms with Crippen molar-refractivity contribution < 1.29 is 9.90 Å². The largest absolute Gasteiger partial charge is 0.476 e. The smallest absolute Gasteiger partial charge is 0.356 e. The van der Waals surface area contributed by atoms with Crippen LogP contribution in [0.1, 0.15) is 21.9 Å². The lowest BCUT2D eigenvalue weighted by molar-refractivity contribution is 0.0692. The van der Waals surface area contributed by atoms with Crippen molar-refractivity contribution in [3.8, 4) is 0 Å². The molecule has 5 heteroatoms. The molecule has 0 saturated heterocycles. The molecule has 14 heavy (non-hydrogen) atoms. The Labute approximate surface area is 80.0 Å². The molecule has 0 spiro atoms. The molecule has 0 radical (unpaired) electrons. The van der Waals surface area contributed by atoms with Gasteiger partial charge in [-0.1, -0.05) is 0 Å². The second kappa shape index (κ2) is 2.80. The topological polar surface area (TPSA) is 67.5 Å². The van der Waals surface area contributed by atoms with E-state index < -0.39 is 5.97 Å². The van der Waals surface area contributed by atoms with Crippen molar-refractivity contribution in [1.29, 1.82) is 0 Å². The maximum Gasteiger partial charge on any atom is 0.356 e. The zero-order chi connectivity index (χ0) is 10.3.